The lowest BCUT2D eigenvalue weighted by atomic mass is 10.1. The van der Waals surface area contributed by atoms with Gasteiger partial charge in [-0.25, -0.2) is 4.98 Å². The van der Waals surface area contributed by atoms with E-state index in [-0.39, 0.29) is 22.9 Å². The zero-order valence-electron chi connectivity index (χ0n) is 18.2. The highest BCUT2D eigenvalue weighted by molar-refractivity contribution is 6.05. The minimum Gasteiger partial charge on any atom is -0.349 e. The van der Waals surface area contributed by atoms with Crippen LogP contribution in [0.25, 0.3) is 27.7 Å². The van der Waals surface area contributed by atoms with Crippen molar-refractivity contribution in [3.63, 3.8) is 0 Å². The number of imidazole rings is 1. The number of carbonyl (C=O) groups is 1. The van der Waals surface area contributed by atoms with Gasteiger partial charge in [0.05, 0.1) is 16.4 Å². The van der Waals surface area contributed by atoms with Crippen LogP contribution >= 0.6 is 0 Å². The number of nitrogens with zero attached hydrogens (tertiary/aromatic N) is 4. The van der Waals surface area contributed by atoms with E-state index < -0.39 is 0 Å². The van der Waals surface area contributed by atoms with Crippen LogP contribution in [0.15, 0.2) is 35.3 Å². The van der Waals surface area contributed by atoms with Crippen LogP contribution < -0.4 is 26.3 Å². The fraction of sp³-hybridized carbons (Fsp3) is 0.391. The molecule has 1 aromatic carbocycles. The van der Waals surface area contributed by atoms with E-state index in [9.17, 15) is 9.59 Å². The van der Waals surface area contributed by atoms with E-state index in [1.165, 1.54) is 0 Å². The molecule has 4 N–H and O–H groups in total. The third kappa shape index (κ3) is 3.42. The predicted octanol–water partition coefficient (Wildman–Crippen LogP) is 0.615. The maximum absolute atomic E-state index is 13.6. The van der Waals surface area contributed by atoms with Crippen molar-refractivity contribution in [1.29, 1.82) is 0 Å². The molecular weight excluding hydrogens is 420 g/mol. The molecule has 0 unspecified atom stereocenters. The summed E-state index contributed by atoms with van der Waals surface area (Å²) in [6.07, 6.45) is 3.25. The lowest BCUT2D eigenvalue weighted by Crippen LogP contribution is -2.44. The number of piperazine rings is 1. The molecule has 0 atom stereocenters. The number of amides is 1. The van der Waals surface area contributed by atoms with Gasteiger partial charge in [-0.1, -0.05) is 12.1 Å². The smallest absolute Gasteiger partial charge is 0.259 e. The number of rotatable bonds is 3. The fourth-order valence-electron chi connectivity index (χ4n) is 4.86. The lowest BCUT2D eigenvalue weighted by molar-refractivity contribution is 0.0930. The number of fused-ring (bicyclic) bond motifs is 5. The number of carbonyl (C=O) groups excluding carboxylic acids is 1. The van der Waals surface area contributed by atoms with Gasteiger partial charge in [0.1, 0.15) is 11.2 Å². The van der Waals surface area contributed by atoms with Gasteiger partial charge in [0, 0.05) is 38.4 Å². The Bertz CT molecular complexity index is 1410. The van der Waals surface area contributed by atoms with Crippen LogP contribution in [0, 0.1) is 0 Å². The first-order valence-electron chi connectivity index (χ1n) is 11.5. The van der Waals surface area contributed by atoms with E-state index in [4.69, 9.17) is 4.98 Å². The summed E-state index contributed by atoms with van der Waals surface area (Å²) in [6.45, 7) is 5.03. The Kier molecular flexibility index (Phi) is 4.96. The molecule has 2 aliphatic rings. The highest BCUT2D eigenvalue weighted by Gasteiger charge is 2.26. The van der Waals surface area contributed by atoms with Crippen molar-refractivity contribution in [2.24, 2.45) is 0 Å². The maximum Gasteiger partial charge on any atom is 0.259 e. The van der Waals surface area contributed by atoms with Crippen molar-refractivity contribution in [2.75, 3.05) is 44.2 Å². The average molecular weight is 447 g/mol. The molecule has 6 rings (SSSR count). The first-order valence-corrected chi connectivity index (χ1v) is 11.5. The second-order valence-corrected chi connectivity index (χ2v) is 8.67. The van der Waals surface area contributed by atoms with E-state index in [1.807, 2.05) is 28.7 Å². The highest BCUT2D eigenvalue weighted by atomic mass is 16.2. The molecule has 2 aliphatic heterocycles. The predicted molar refractivity (Wildman–Crippen MR) is 127 cm³/mol. The summed E-state index contributed by atoms with van der Waals surface area (Å²) < 4.78 is 1.89. The van der Waals surface area contributed by atoms with Crippen LogP contribution in [0.4, 0.5) is 5.95 Å². The third-order valence-electron chi connectivity index (χ3n) is 6.60. The van der Waals surface area contributed by atoms with Gasteiger partial charge >= 0.3 is 0 Å². The van der Waals surface area contributed by atoms with Crippen molar-refractivity contribution in [1.82, 2.24) is 35.3 Å². The number of aromatic amines is 1. The quantitative estimate of drug-likeness (QED) is 0.364. The second kappa shape index (κ2) is 8.13. The van der Waals surface area contributed by atoms with Crippen molar-refractivity contribution >= 4 is 39.6 Å². The topological polar surface area (TPSA) is 119 Å². The van der Waals surface area contributed by atoms with Gasteiger partial charge in [-0.2, -0.15) is 4.98 Å². The summed E-state index contributed by atoms with van der Waals surface area (Å²) in [5.74, 6) is 0.235. The number of hydrogen-bond acceptors (Lipinski definition) is 7. The SMILES string of the molecule is O=C(NC1CCNCC1)c1c(=O)c2cnc(N3CCNCC3)nc2n2c1[nH]c1ccccc12. The van der Waals surface area contributed by atoms with Gasteiger partial charge in [0.2, 0.25) is 11.4 Å². The van der Waals surface area contributed by atoms with Gasteiger partial charge in [-0.3, -0.25) is 14.0 Å². The monoisotopic (exact) mass is 446 g/mol. The van der Waals surface area contributed by atoms with Gasteiger partial charge in [0.25, 0.3) is 5.91 Å². The number of pyridine rings is 1. The van der Waals surface area contributed by atoms with Gasteiger partial charge < -0.3 is 25.8 Å². The van der Waals surface area contributed by atoms with Gasteiger partial charge in [-0.05, 0) is 38.1 Å². The van der Waals surface area contributed by atoms with Crippen LogP contribution in [0.5, 0.6) is 0 Å². The van der Waals surface area contributed by atoms with E-state index >= 15 is 0 Å². The molecule has 2 fully saturated rings. The molecule has 170 valence electrons. The Morgan fingerprint density at radius 3 is 2.64 bits per heavy atom. The zero-order valence-corrected chi connectivity index (χ0v) is 18.2. The molecule has 2 saturated heterocycles. The average Bonchev–Trinajstić information content (AvgIpc) is 3.24. The largest absolute Gasteiger partial charge is 0.349 e. The van der Waals surface area contributed by atoms with Gasteiger partial charge in [-0.15, -0.1) is 0 Å². The molecule has 4 aromatic rings. The number of aromatic nitrogens is 4. The molecule has 3 aromatic heterocycles. The molecule has 0 saturated carbocycles. The van der Waals surface area contributed by atoms with Crippen LogP contribution in [-0.2, 0) is 0 Å². The number of nitrogens with one attached hydrogen (secondary N) is 4. The summed E-state index contributed by atoms with van der Waals surface area (Å²) >= 11 is 0. The van der Waals surface area contributed by atoms with Crippen LogP contribution in [0.2, 0.25) is 0 Å². The zero-order chi connectivity index (χ0) is 22.4. The summed E-state index contributed by atoms with van der Waals surface area (Å²) in [6, 6.07) is 7.81. The van der Waals surface area contributed by atoms with E-state index in [1.54, 1.807) is 6.20 Å². The summed E-state index contributed by atoms with van der Waals surface area (Å²) in [7, 11) is 0. The van der Waals surface area contributed by atoms with Crippen molar-refractivity contribution in [3.05, 3.63) is 46.2 Å². The fourth-order valence-corrected chi connectivity index (χ4v) is 4.86. The molecule has 0 spiro atoms. The first kappa shape index (κ1) is 20.1. The number of piperidine rings is 1. The summed E-state index contributed by atoms with van der Waals surface area (Å²) in [5.41, 5.74) is 2.42. The maximum atomic E-state index is 13.6. The van der Waals surface area contributed by atoms with Crippen LogP contribution in [0.1, 0.15) is 23.2 Å². The molecule has 33 heavy (non-hydrogen) atoms. The molecule has 10 nitrogen and oxygen atoms in total. The van der Waals surface area contributed by atoms with Crippen molar-refractivity contribution in [2.45, 2.75) is 18.9 Å². The minimum atomic E-state index is -0.357. The van der Waals surface area contributed by atoms with Gasteiger partial charge in [0.15, 0.2) is 5.65 Å². The molecule has 0 radical (unpaired) electrons. The Balaban J connectivity index is 1.57. The molecule has 0 bridgehead atoms. The minimum absolute atomic E-state index is 0.0459. The normalized spacial score (nSPS) is 17.8. The summed E-state index contributed by atoms with van der Waals surface area (Å²) in [5, 5.41) is 10.0. The lowest BCUT2D eigenvalue weighted by Gasteiger charge is -2.27. The first-order chi connectivity index (χ1) is 16.2. The Morgan fingerprint density at radius 2 is 1.82 bits per heavy atom. The molecule has 10 heteroatoms. The Hall–Kier alpha value is -3.50. The van der Waals surface area contributed by atoms with E-state index in [2.05, 4.69) is 30.8 Å². The number of anilines is 1. The molecular formula is C23H26N8O2. The number of hydrogen-bond donors (Lipinski definition) is 4. The Morgan fingerprint density at radius 1 is 1.06 bits per heavy atom. The number of H-pyrrole nitrogens is 1. The molecule has 5 heterocycles. The van der Waals surface area contributed by atoms with Crippen LogP contribution in [-0.4, -0.2) is 70.6 Å². The van der Waals surface area contributed by atoms with E-state index in [0.29, 0.717) is 22.6 Å². The summed E-state index contributed by atoms with van der Waals surface area (Å²) in [4.78, 5) is 41.7. The number of para-hydroxylation sites is 2. The van der Waals surface area contributed by atoms with Crippen LogP contribution in [0.3, 0.4) is 0 Å². The van der Waals surface area contributed by atoms with E-state index in [0.717, 1.165) is 63.1 Å². The molecule has 1 amide bonds. The third-order valence-corrected chi connectivity index (χ3v) is 6.60. The molecule has 0 aliphatic carbocycles. The number of benzene rings is 1. The van der Waals surface area contributed by atoms with Crippen molar-refractivity contribution < 1.29 is 4.79 Å². The Labute approximate surface area is 189 Å². The highest BCUT2D eigenvalue weighted by Crippen LogP contribution is 2.24. The van der Waals surface area contributed by atoms with Crippen molar-refractivity contribution in [3.8, 4) is 0 Å². The second-order valence-electron chi connectivity index (χ2n) is 8.67. The standard InChI is InChI=1S/C23H26N8O2/c32-19-15-13-26-23(30-11-9-25-10-12-30)29-20(15)31-17-4-2-1-3-16(17)28-21(31)18(19)22(33)27-14-5-7-24-8-6-14/h1-4,13-14,24-25,28H,5-12H2,(H,27,33).